The van der Waals surface area contributed by atoms with E-state index < -0.39 is 0 Å². The predicted molar refractivity (Wildman–Crippen MR) is 84.2 cm³/mol. The number of carbonyl (C=O) groups excluding carboxylic acids is 1. The highest BCUT2D eigenvalue weighted by Gasteiger charge is 2.43. The van der Waals surface area contributed by atoms with Crippen LogP contribution in [0.4, 0.5) is 0 Å². The van der Waals surface area contributed by atoms with E-state index in [1.807, 2.05) is 0 Å². The standard InChI is InChI=1S/C16H24N2O2S/c1-2-3-4-14-16(19)18(13-5-8-20-9-6-13)15(17-14)12-7-10-21-11-12/h7,10-11,13-15,17H,2-6,8-9H2,1H3. The minimum atomic E-state index is -0.0160. The third kappa shape index (κ3) is 3.15. The van der Waals surface area contributed by atoms with E-state index in [1.54, 1.807) is 11.3 Å². The minimum Gasteiger partial charge on any atom is -0.381 e. The van der Waals surface area contributed by atoms with E-state index in [1.165, 1.54) is 5.56 Å². The predicted octanol–water partition coefficient (Wildman–Crippen LogP) is 2.92. The van der Waals surface area contributed by atoms with Crippen molar-refractivity contribution in [3.63, 3.8) is 0 Å². The molecule has 116 valence electrons. The van der Waals surface area contributed by atoms with E-state index in [-0.39, 0.29) is 18.1 Å². The lowest BCUT2D eigenvalue weighted by atomic mass is 10.0. The van der Waals surface area contributed by atoms with Crippen LogP contribution >= 0.6 is 11.3 Å². The summed E-state index contributed by atoms with van der Waals surface area (Å²) in [6.07, 6.45) is 5.13. The van der Waals surface area contributed by atoms with E-state index in [2.05, 4.69) is 34.0 Å². The Hall–Kier alpha value is -0.910. The topological polar surface area (TPSA) is 41.6 Å². The van der Waals surface area contributed by atoms with Crippen molar-refractivity contribution in [2.75, 3.05) is 13.2 Å². The Balaban J connectivity index is 1.79. The normalized spacial score (nSPS) is 27.5. The van der Waals surface area contributed by atoms with Crippen molar-refractivity contribution < 1.29 is 9.53 Å². The summed E-state index contributed by atoms with van der Waals surface area (Å²) in [5, 5.41) is 7.81. The van der Waals surface area contributed by atoms with E-state index >= 15 is 0 Å². The number of ether oxygens (including phenoxy) is 1. The monoisotopic (exact) mass is 308 g/mol. The lowest BCUT2D eigenvalue weighted by Crippen LogP contribution is -2.43. The molecule has 3 rings (SSSR count). The van der Waals surface area contributed by atoms with Crippen molar-refractivity contribution >= 4 is 17.2 Å². The van der Waals surface area contributed by atoms with E-state index in [0.29, 0.717) is 6.04 Å². The van der Waals surface area contributed by atoms with E-state index in [0.717, 1.165) is 45.3 Å². The quantitative estimate of drug-likeness (QED) is 0.909. The van der Waals surface area contributed by atoms with Gasteiger partial charge in [-0.25, -0.2) is 0 Å². The van der Waals surface area contributed by atoms with Gasteiger partial charge in [0.05, 0.1) is 6.04 Å². The zero-order chi connectivity index (χ0) is 14.7. The maximum absolute atomic E-state index is 12.8. The average molecular weight is 308 g/mol. The van der Waals surface area contributed by atoms with Gasteiger partial charge in [0.25, 0.3) is 0 Å². The molecule has 2 atom stereocenters. The van der Waals surface area contributed by atoms with Gasteiger partial charge in [0.15, 0.2) is 0 Å². The molecule has 0 aromatic carbocycles. The smallest absolute Gasteiger partial charge is 0.241 e. The lowest BCUT2D eigenvalue weighted by Gasteiger charge is -2.35. The third-order valence-corrected chi connectivity index (χ3v) is 5.18. The largest absolute Gasteiger partial charge is 0.381 e. The number of hydrogen-bond acceptors (Lipinski definition) is 4. The molecule has 21 heavy (non-hydrogen) atoms. The Kier molecular flexibility index (Phi) is 4.93. The number of carbonyl (C=O) groups is 1. The second-order valence-electron chi connectivity index (χ2n) is 5.91. The number of thiophene rings is 1. The average Bonchev–Trinajstić information content (AvgIpc) is 3.14. The molecular weight excluding hydrogens is 284 g/mol. The Morgan fingerprint density at radius 2 is 2.24 bits per heavy atom. The van der Waals surface area contributed by atoms with Crippen LogP contribution in [-0.2, 0) is 9.53 Å². The first-order valence-corrected chi connectivity index (χ1v) is 8.93. The van der Waals surface area contributed by atoms with Crippen LogP contribution in [-0.4, -0.2) is 36.1 Å². The fourth-order valence-electron chi connectivity index (χ4n) is 3.31. The van der Waals surface area contributed by atoms with Gasteiger partial charge in [0.1, 0.15) is 6.17 Å². The molecule has 1 aromatic rings. The van der Waals surface area contributed by atoms with Crippen LogP contribution in [0, 0.1) is 0 Å². The molecule has 2 aliphatic heterocycles. The number of nitrogens with zero attached hydrogens (tertiary/aromatic N) is 1. The van der Waals surface area contributed by atoms with Gasteiger partial charge in [-0.05, 0) is 41.7 Å². The molecule has 2 unspecified atom stereocenters. The van der Waals surface area contributed by atoms with Gasteiger partial charge >= 0.3 is 0 Å². The first-order chi connectivity index (χ1) is 10.3. The van der Waals surface area contributed by atoms with Gasteiger partial charge in [0, 0.05) is 19.3 Å². The summed E-state index contributed by atoms with van der Waals surface area (Å²) in [6.45, 7) is 3.71. The number of amides is 1. The number of unbranched alkanes of at least 4 members (excludes halogenated alkanes) is 1. The SMILES string of the molecule is CCCCC1NC(c2ccsc2)N(C2CCOCC2)C1=O. The van der Waals surface area contributed by atoms with Gasteiger partial charge in [-0.1, -0.05) is 19.8 Å². The fraction of sp³-hybridized carbons (Fsp3) is 0.688. The van der Waals surface area contributed by atoms with Gasteiger partial charge in [-0.3, -0.25) is 10.1 Å². The summed E-state index contributed by atoms with van der Waals surface area (Å²) in [5.74, 6) is 0.284. The molecular formula is C16H24N2O2S. The van der Waals surface area contributed by atoms with Crippen molar-refractivity contribution in [3.05, 3.63) is 22.4 Å². The molecule has 0 radical (unpaired) electrons. The summed E-state index contributed by atoms with van der Waals surface area (Å²) in [6, 6.07) is 2.43. The summed E-state index contributed by atoms with van der Waals surface area (Å²) in [7, 11) is 0. The Morgan fingerprint density at radius 1 is 1.43 bits per heavy atom. The van der Waals surface area contributed by atoms with Crippen LogP contribution in [0.1, 0.15) is 50.8 Å². The molecule has 2 fully saturated rings. The highest BCUT2D eigenvalue weighted by Crippen LogP contribution is 2.33. The molecule has 0 spiro atoms. The molecule has 0 aliphatic carbocycles. The summed E-state index contributed by atoms with van der Waals surface area (Å²) in [5.41, 5.74) is 1.22. The Bertz CT molecular complexity index is 457. The molecule has 2 aliphatic rings. The molecule has 5 heteroatoms. The fourth-order valence-corrected chi connectivity index (χ4v) is 3.98. The molecule has 1 amide bonds. The second-order valence-corrected chi connectivity index (χ2v) is 6.69. The van der Waals surface area contributed by atoms with Gasteiger partial charge < -0.3 is 9.64 Å². The first kappa shape index (κ1) is 15.0. The van der Waals surface area contributed by atoms with Crippen molar-refractivity contribution in [1.82, 2.24) is 10.2 Å². The first-order valence-electron chi connectivity index (χ1n) is 7.99. The second kappa shape index (κ2) is 6.90. The zero-order valence-electron chi connectivity index (χ0n) is 12.6. The van der Waals surface area contributed by atoms with E-state index in [4.69, 9.17) is 4.74 Å². The molecule has 4 nitrogen and oxygen atoms in total. The molecule has 0 saturated carbocycles. The van der Waals surface area contributed by atoms with Crippen molar-refractivity contribution in [1.29, 1.82) is 0 Å². The van der Waals surface area contributed by atoms with E-state index in [9.17, 15) is 4.79 Å². The summed E-state index contributed by atoms with van der Waals surface area (Å²) < 4.78 is 5.46. The molecule has 0 bridgehead atoms. The molecule has 1 N–H and O–H groups in total. The van der Waals surface area contributed by atoms with Gasteiger partial charge in [-0.15, -0.1) is 0 Å². The number of hydrogen-bond donors (Lipinski definition) is 1. The number of nitrogens with one attached hydrogen (secondary N) is 1. The molecule has 3 heterocycles. The van der Waals surface area contributed by atoms with Crippen LogP contribution in [0.25, 0.3) is 0 Å². The minimum absolute atomic E-state index is 0.0160. The van der Waals surface area contributed by atoms with Crippen LogP contribution < -0.4 is 5.32 Å². The number of rotatable bonds is 5. The van der Waals surface area contributed by atoms with Crippen molar-refractivity contribution in [2.24, 2.45) is 0 Å². The maximum Gasteiger partial charge on any atom is 0.241 e. The van der Waals surface area contributed by atoms with Gasteiger partial charge in [0.2, 0.25) is 5.91 Å². The zero-order valence-corrected chi connectivity index (χ0v) is 13.4. The summed E-state index contributed by atoms with van der Waals surface area (Å²) in [4.78, 5) is 14.9. The lowest BCUT2D eigenvalue weighted by molar-refractivity contribution is -0.134. The van der Waals surface area contributed by atoms with Crippen molar-refractivity contribution in [3.8, 4) is 0 Å². The molecule has 2 saturated heterocycles. The van der Waals surface area contributed by atoms with Crippen LogP contribution in [0.15, 0.2) is 16.8 Å². The van der Waals surface area contributed by atoms with Gasteiger partial charge in [-0.2, -0.15) is 11.3 Å². The van der Waals surface area contributed by atoms with Crippen LogP contribution in [0.2, 0.25) is 0 Å². The Labute approximate surface area is 130 Å². The highest BCUT2D eigenvalue weighted by atomic mass is 32.1. The maximum atomic E-state index is 12.8. The Morgan fingerprint density at radius 3 is 2.90 bits per heavy atom. The highest BCUT2D eigenvalue weighted by molar-refractivity contribution is 7.07. The van der Waals surface area contributed by atoms with Crippen LogP contribution in [0.5, 0.6) is 0 Å². The van der Waals surface area contributed by atoms with Crippen LogP contribution in [0.3, 0.4) is 0 Å². The summed E-state index contributed by atoms with van der Waals surface area (Å²) >= 11 is 1.69. The third-order valence-electron chi connectivity index (χ3n) is 4.48. The van der Waals surface area contributed by atoms with Crippen molar-refractivity contribution in [2.45, 2.75) is 57.3 Å². The molecule has 1 aromatic heterocycles.